The van der Waals surface area contributed by atoms with Crippen molar-refractivity contribution in [3.05, 3.63) is 48.0 Å². The second kappa shape index (κ2) is 6.19. The molecule has 1 aromatic heterocycles. The number of hydrogen-bond donors (Lipinski definition) is 1. The van der Waals surface area contributed by atoms with E-state index in [1.54, 1.807) is 18.3 Å². The van der Waals surface area contributed by atoms with Crippen molar-refractivity contribution in [2.75, 3.05) is 5.32 Å². The van der Waals surface area contributed by atoms with Crippen LogP contribution >= 0.6 is 0 Å². The van der Waals surface area contributed by atoms with Crippen molar-refractivity contribution in [1.29, 1.82) is 0 Å². The smallest absolute Gasteiger partial charge is 0.203 e. The first-order valence-electron chi connectivity index (χ1n) is 6.29. The van der Waals surface area contributed by atoms with Gasteiger partial charge in [-0.25, -0.2) is 9.37 Å². The van der Waals surface area contributed by atoms with Gasteiger partial charge >= 0.3 is 0 Å². The normalized spacial score (nSPS) is 10.6. The number of unbranched alkanes of at least 4 members (excludes halogenated alkanes) is 1. The van der Waals surface area contributed by atoms with Crippen LogP contribution in [0.5, 0.6) is 0 Å². The van der Waals surface area contributed by atoms with Gasteiger partial charge < -0.3 is 9.88 Å². The standard InChI is InChI=1S/C14H18FN3/c1-2-3-9-18-10-8-16-14(18)17-11-12-6-4-5-7-13(12)15/h4-8,10H,2-3,9,11H2,1H3,(H,16,17). The molecule has 1 heterocycles. The summed E-state index contributed by atoms with van der Waals surface area (Å²) in [5, 5.41) is 3.17. The fourth-order valence-corrected chi connectivity index (χ4v) is 1.80. The molecule has 1 aromatic carbocycles. The highest BCUT2D eigenvalue weighted by Crippen LogP contribution is 2.11. The fraction of sp³-hybridized carbons (Fsp3) is 0.357. The number of imidazole rings is 1. The summed E-state index contributed by atoms with van der Waals surface area (Å²) in [5.41, 5.74) is 0.655. The van der Waals surface area contributed by atoms with E-state index in [9.17, 15) is 4.39 Å². The first-order valence-corrected chi connectivity index (χ1v) is 6.29. The van der Waals surface area contributed by atoms with Gasteiger partial charge in [-0.2, -0.15) is 0 Å². The predicted octanol–water partition coefficient (Wildman–Crippen LogP) is 3.43. The second-order valence-corrected chi connectivity index (χ2v) is 4.24. The average Bonchev–Trinajstić information content (AvgIpc) is 2.83. The minimum absolute atomic E-state index is 0.184. The highest BCUT2D eigenvalue weighted by molar-refractivity contribution is 5.29. The molecule has 0 saturated heterocycles. The maximum Gasteiger partial charge on any atom is 0.203 e. The summed E-state index contributed by atoms with van der Waals surface area (Å²) >= 11 is 0. The van der Waals surface area contributed by atoms with Gasteiger partial charge in [-0.05, 0) is 12.5 Å². The zero-order valence-electron chi connectivity index (χ0n) is 10.6. The van der Waals surface area contributed by atoms with E-state index in [4.69, 9.17) is 0 Å². The summed E-state index contributed by atoms with van der Waals surface area (Å²) < 4.78 is 15.5. The lowest BCUT2D eigenvalue weighted by Gasteiger charge is -2.09. The van der Waals surface area contributed by atoms with Crippen molar-refractivity contribution in [2.45, 2.75) is 32.9 Å². The topological polar surface area (TPSA) is 29.9 Å². The number of nitrogens with one attached hydrogen (secondary N) is 1. The largest absolute Gasteiger partial charge is 0.351 e. The Morgan fingerprint density at radius 3 is 2.94 bits per heavy atom. The number of rotatable bonds is 6. The summed E-state index contributed by atoms with van der Waals surface area (Å²) in [4.78, 5) is 4.24. The molecule has 4 heteroatoms. The minimum Gasteiger partial charge on any atom is -0.351 e. The average molecular weight is 247 g/mol. The van der Waals surface area contributed by atoms with Crippen molar-refractivity contribution in [1.82, 2.24) is 9.55 Å². The molecule has 0 unspecified atom stereocenters. The number of aromatic nitrogens is 2. The number of hydrogen-bond acceptors (Lipinski definition) is 2. The molecule has 18 heavy (non-hydrogen) atoms. The van der Waals surface area contributed by atoms with Crippen molar-refractivity contribution >= 4 is 5.95 Å². The molecule has 0 aliphatic heterocycles. The molecule has 2 aromatic rings. The molecule has 2 rings (SSSR count). The zero-order valence-corrected chi connectivity index (χ0v) is 10.6. The molecule has 0 fully saturated rings. The van der Waals surface area contributed by atoms with E-state index >= 15 is 0 Å². The van der Waals surface area contributed by atoms with E-state index in [-0.39, 0.29) is 5.82 Å². The van der Waals surface area contributed by atoms with E-state index in [0.717, 1.165) is 25.3 Å². The van der Waals surface area contributed by atoms with E-state index in [1.807, 2.05) is 12.3 Å². The molecular formula is C14H18FN3. The molecule has 0 atom stereocenters. The summed E-state index contributed by atoms with van der Waals surface area (Å²) in [6, 6.07) is 6.78. The molecular weight excluding hydrogens is 229 g/mol. The van der Waals surface area contributed by atoms with Crippen LogP contribution in [0.1, 0.15) is 25.3 Å². The quantitative estimate of drug-likeness (QED) is 0.847. The monoisotopic (exact) mass is 247 g/mol. The molecule has 0 spiro atoms. The van der Waals surface area contributed by atoms with Crippen LogP contribution in [-0.4, -0.2) is 9.55 Å². The SMILES string of the molecule is CCCCn1ccnc1NCc1ccccc1F. The van der Waals surface area contributed by atoms with Crippen LogP contribution in [-0.2, 0) is 13.1 Å². The summed E-state index contributed by atoms with van der Waals surface area (Å²) in [7, 11) is 0. The van der Waals surface area contributed by atoms with Gasteiger partial charge in [-0.15, -0.1) is 0 Å². The van der Waals surface area contributed by atoms with Crippen molar-refractivity contribution in [3.63, 3.8) is 0 Å². The molecule has 0 amide bonds. The van der Waals surface area contributed by atoms with E-state index in [1.165, 1.54) is 6.07 Å². The second-order valence-electron chi connectivity index (χ2n) is 4.24. The fourth-order valence-electron chi connectivity index (χ4n) is 1.80. The lowest BCUT2D eigenvalue weighted by molar-refractivity contribution is 0.610. The first kappa shape index (κ1) is 12.6. The highest BCUT2D eigenvalue weighted by Gasteiger charge is 2.04. The van der Waals surface area contributed by atoms with Crippen LogP contribution in [0.2, 0.25) is 0 Å². The molecule has 0 aliphatic rings. The van der Waals surface area contributed by atoms with E-state index < -0.39 is 0 Å². The van der Waals surface area contributed by atoms with Gasteiger partial charge in [-0.1, -0.05) is 31.5 Å². The Hall–Kier alpha value is -1.84. The Kier molecular flexibility index (Phi) is 4.34. The van der Waals surface area contributed by atoms with Crippen molar-refractivity contribution in [3.8, 4) is 0 Å². The molecule has 3 nitrogen and oxygen atoms in total. The van der Waals surface area contributed by atoms with Crippen LogP contribution in [0.4, 0.5) is 10.3 Å². The van der Waals surface area contributed by atoms with Gasteiger partial charge in [-0.3, -0.25) is 0 Å². The van der Waals surface area contributed by atoms with E-state index in [2.05, 4.69) is 21.8 Å². The van der Waals surface area contributed by atoms with Gasteiger partial charge in [0.2, 0.25) is 5.95 Å². The lowest BCUT2D eigenvalue weighted by Crippen LogP contribution is -2.08. The third-order valence-electron chi connectivity index (χ3n) is 2.86. The molecule has 0 aliphatic carbocycles. The Morgan fingerprint density at radius 2 is 2.17 bits per heavy atom. The number of benzene rings is 1. The highest BCUT2D eigenvalue weighted by atomic mass is 19.1. The molecule has 0 bridgehead atoms. The summed E-state index contributed by atoms with van der Waals surface area (Å²) in [5.74, 6) is 0.614. The van der Waals surface area contributed by atoms with Gasteiger partial charge in [0.25, 0.3) is 0 Å². The van der Waals surface area contributed by atoms with Crippen LogP contribution in [0.3, 0.4) is 0 Å². The Labute approximate surface area is 107 Å². The lowest BCUT2D eigenvalue weighted by atomic mass is 10.2. The first-order chi connectivity index (χ1) is 8.81. The number of anilines is 1. The summed E-state index contributed by atoms with van der Waals surface area (Å²) in [6.07, 6.45) is 5.97. The van der Waals surface area contributed by atoms with Crippen molar-refractivity contribution < 1.29 is 4.39 Å². The Balaban J connectivity index is 1.98. The van der Waals surface area contributed by atoms with Gasteiger partial charge in [0.05, 0.1) is 0 Å². The minimum atomic E-state index is -0.184. The maximum absolute atomic E-state index is 13.5. The van der Waals surface area contributed by atoms with E-state index in [0.29, 0.717) is 12.1 Å². The molecule has 1 N–H and O–H groups in total. The third kappa shape index (κ3) is 3.09. The van der Waals surface area contributed by atoms with Crippen LogP contribution in [0.15, 0.2) is 36.7 Å². The number of aryl methyl sites for hydroxylation is 1. The summed E-state index contributed by atoms with van der Waals surface area (Å²) in [6.45, 7) is 3.55. The van der Waals surface area contributed by atoms with Gasteiger partial charge in [0, 0.05) is 31.0 Å². The van der Waals surface area contributed by atoms with Gasteiger partial charge in [0.1, 0.15) is 5.82 Å². The van der Waals surface area contributed by atoms with Crippen LogP contribution < -0.4 is 5.32 Å². The molecule has 0 saturated carbocycles. The maximum atomic E-state index is 13.5. The predicted molar refractivity (Wildman–Crippen MR) is 70.9 cm³/mol. The zero-order chi connectivity index (χ0) is 12.8. The van der Waals surface area contributed by atoms with Crippen LogP contribution in [0, 0.1) is 5.82 Å². The number of halogens is 1. The molecule has 96 valence electrons. The Bertz CT molecular complexity index is 493. The third-order valence-corrected chi connectivity index (χ3v) is 2.86. The Morgan fingerprint density at radius 1 is 1.33 bits per heavy atom. The molecule has 0 radical (unpaired) electrons. The van der Waals surface area contributed by atoms with Crippen molar-refractivity contribution in [2.24, 2.45) is 0 Å². The van der Waals surface area contributed by atoms with Gasteiger partial charge in [0.15, 0.2) is 0 Å². The number of nitrogens with zero attached hydrogens (tertiary/aromatic N) is 2. The van der Waals surface area contributed by atoms with Crippen LogP contribution in [0.25, 0.3) is 0 Å².